The average molecular weight is 188 g/mol. The SMILES string of the molecule is CCOCOc1cccnc1Cl. The Bertz CT molecular complexity index is 242. The molecule has 0 atom stereocenters. The van der Waals surface area contributed by atoms with Gasteiger partial charge < -0.3 is 9.47 Å². The van der Waals surface area contributed by atoms with E-state index in [1.54, 1.807) is 18.3 Å². The lowest BCUT2D eigenvalue weighted by Crippen LogP contribution is -2.02. The molecule has 4 heteroatoms. The summed E-state index contributed by atoms with van der Waals surface area (Å²) >= 11 is 5.71. The van der Waals surface area contributed by atoms with Gasteiger partial charge in [0.25, 0.3) is 0 Å². The van der Waals surface area contributed by atoms with E-state index in [0.29, 0.717) is 17.5 Å². The van der Waals surface area contributed by atoms with Crippen molar-refractivity contribution in [3.8, 4) is 5.75 Å². The monoisotopic (exact) mass is 187 g/mol. The minimum atomic E-state index is 0.210. The number of hydrogen-bond donors (Lipinski definition) is 0. The van der Waals surface area contributed by atoms with E-state index in [2.05, 4.69) is 4.98 Å². The van der Waals surface area contributed by atoms with Crippen molar-refractivity contribution in [1.29, 1.82) is 0 Å². The van der Waals surface area contributed by atoms with Crippen LogP contribution in [0.1, 0.15) is 6.92 Å². The molecular weight excluding hydrogens is 178 g/mol. The van der Waals surface area contributed by atoms with E-state index in [1.807, 2.05) is 6.92 Å². The van der Waals surface area contributed by atoms with Gasteiger partial charge in [0, 0.05) is 12.8 Å². The van der Waals surface area contributed by atoms with Crippen molar-refractivity contribution in [2.75, 3.05) is 13.4 Å². The number of hydrogen-bond acceptors (Lipinski definition) is 3. The molecule has 0 aromatic carbocycles. The van der Waals surface area contributed by atoms with Gasteiger partial charge in [-0.3, -0.25) is 0 Å². The molecule has 0 spiro atoms. The number of pyridine rings is 1. The van der Waals surface area contributed by atoms with Crippen LogP contribution in [0.25, 0.3) is 0 Å². The molecule has 0 bridgehead atoms. The van der Waals surface area contributed by atoms with Crippen LogP contribution in [0.4, 0.5) is 0 Å². The molecule has 12 heavy (non-hydrogen) atoms. The van der Waals surface area contributed by atoms with Crippen molar-refractivity contribution < 1.29 is 9.47 Å². The van der Waals surface area contributed by atoms with Crippen molar-refractivity contribution in [2.24, 2.45) is 0 Å². The molecule has 0 aliphatic rings. The maximum absolute atomic E-state index is 5.71. The second kappa shape index (κ2) is 4.95. The fraction of sp³-hybridized carbons (Fsp3) is 0.375. The first-order chi connectivity index (χ1) is 5.84. The van der Waals surface area contributed by atoms with Crippen molar-refractivity contribution in [3.05, 3.63) is 23.5 Å². The fourth-order valence-electron chi connectivity index (χ4n) is 0.667. The second-order valence-electron chi connectivity index (χ2n) is 2.05. The Morgan fingerprint density at radius 3 is 3.08 bits per heavy atom. The highest BCUT2D eigenvalue weighted by atomic mass is 35.5. The van der Waals surface area contributed by atoms with Crippen LogP contribution < -0.4 is 4.74 Å². The van der Waals surface area contributed by atoms with Gasteiger partial charge in [0.15, 0.2) is 17.7 Å². The van der Waals surface area contributed by atoms with Gasteiger partial charge in [-0.1, -0.05) is 11.6 Å². The number of halogens is 1. The summed E-state index contributed by atoms with van der Waals surface area (Å²) in [7, 11) is 0. The average Bonchev–Trinajstić information content (AvgIpc) is 2.09. The zero-order chi connectivity index (χ0) is 8.81. The second-order valence-corrected chi connectivity index (χ2v) is 2.41. The number of rotatable bonds is 4. The normalized spacial score (nSPS) is 9.83. The molecule has 3 nitrogen and oxygen atoms in total. The summed E-state index contributed by atoms with van der Waals surface area (Å²) in [6.07, 6.45) is 1.61. The summed E-state index contributed by atoms with van der Waals surface area (Å²) in [5, 5.41) is 0.359. The lowest BCUT2D eigenvalue weighted by atomic mass is 10.5. The van der Waals surface area contributed by atoms with E-state index in [4.69, 9.17) is 21.1 Å². The van der Waals surface area contributed by atoms with E-state index in [9.17, 15) is 0 Å². The third-order valence-electron chi connectivity index (χ3n) is 1.23. The number of nitrogens with zero attached hydrogens (tertiary/aromatic N) is 1. The Hall–Kier alpha value is -0.800. The first kappa shape index (κ1) is 9.29. The summed E-state index contributed by atoms with van der Waals surface area (Å²) < 4.78 is 10.1. The number of ether oxygens (including phenoxy) is 2. The zero-order valence-electron chi connectivity index (χ0n) is 6.79. The molecular formula is C8H10ClNO2. The Kier molecular flexibility index (Phi) is 3.84. The summed E-state index contributed by atoms with van der Waals surface area (Å²) in [6, 6.07) is 3.50. The molecule has 1 aromatic heterocycles. The topological polar surface area (TPSA) is 31.4 Å². The van der Waals surface area contributed by atoms with E-state index in [1.165, 1.54) is 0 Å². The van der Waals surface area contributed by atoms with Crippen LogP contribution >= 0.6 is 11.6 Å². The van der Waals surface area contributed by atoms with Gasteiger partial charge in [0.2, 0.25) is 0 Å². The van der Waals surface area contributed by atoms with Crippen LogP contribution in [-0.4, -0.2) is 18.4 Å². The minimum Gasteiger partial charge on any atom is -0.464 e. The predicted molar refractivity (Wildman–Crippen MR) is 46.4 cm³/mol. The highest BCUT2D eigenvalue weighted by Gasteiger charge is 1.99. The highest BCUT2D eigenvalue weighted by molar-refractivity contribution is 6.30. The van der Waals surface area contributed by atoms with Gasteiger partial charge in [-0.05, 0) is 19.1 Å². The van der Waals surface area contributed by atoms with Crippen molar-refractivity contribution >= 4 is 11.6 Å². The molecule has 0 unspecified atom stereocenters. The third kappa shape index (κ3) is 2.68. The molecule has 66 valence electrons. The largest absolute Gasteiger partial charge is 0.464 e. The van der Waals surface area contributed by atoms with Gasteiger partial charge in [0.05, 0.1) is 0 Å². The van der Waals surface area contributed by atoms with Crippen LogP contribution in [0, 0.1) is 0 Å². The van der Waals surface area contributed by atoms with Gasteiger partial charge in [-0.2, -0.15) is 0 Å². The molecule has 0 fully saturated rings. The van der Waals surface area contributed by atoms with E-state index >= 15 is 0 Å². The lowest BCUT2D eigenvalue weighted by Gasteiger charge is -2.05. The summed E-state index contributed by atoms with van der Waals surface area (Å²) in [5.41, 5.74) is 0. The van der Waals surface area contributed by atoms with Gasteiger partial charge in [0.1, 0.15) is 0 Å². The Balaban J connectivity index is 2.46. The predicted octanol–water partition coefficient (Wildman–Crippen LogP) is 2.11. The summed E-state index contributed by atoms with van der Waals surface area (Å²) in [4.78, 5) is 3.84. The van der Waals surface area contributed by atoms with E-state index in [-0.39, 0.29) is 6.79 Å². The van der Waals surface area contributed by atoms with Gasteiger partial charge >= 0.3 is 0 Å². The van der Waals surface area contributed by atoms with E-state index in [0.717, 1.165) is 0 Å². The van der Waals surface area contributed by atoms with Crippen molar-refractivity contribution in [3.63, 3.8) is 0 Å². The lowest BCUT2D eigenvalue weighted by molar-refractivity contribution is 0.0222. The van der Waals surface area contributed by atoms with Crippen LogP contribution in [0.2, 0.25) is 5.15 Å². The van der Waals surface area contributed by atoms with Crippen LogP contribution in [-0.2, 0) is 4.74 Å². The molecule has 0 N–H and O–H groups in total. The zero-order valence-corrected chi connectivity index (χ0v) is 7.54. The van der Waals surface area contributed by atoms with Crippen LogP contribution in [0.5, 0.6) is 5.75 Å². The molecule has 0 aliphatic heterocycles. The van der Waals surface area contributed by atoms with Gasteiger partial charge in [-0.15, -0.1) is 0 Å². The molecule has 0 radical (unpaired) electrons. The van der Waals surface area contributed by atoms with E-state index < -0.39 is 0 Å². The van der Waals surface area contributed by atoms with Gasteiger partial charge in [-0.25, -0.2) is 4.98 Å². The maximum atomic E-state index is 5.71. The molecule has 0 saturated carbocycles. The molecule has 0 amide bonds. The molecule has 1 aromatic rings. The van der Waals surface area contributed by atoms with Crippen LogP contribution in [0.15, 0.2) is 18.3 Å². The van der Waals surface area contributed by atoms with Crippen molar-refractivity contribution in [2.45, 2.75) is 6.92 Å². The Morgan fingerprint density at radius 1 is 1.58 bits per heavy atom. The molecule has 0 saturated heterocycles. The first-order valence-electron chi connectivity index (χ1n) is 3.65. The third-order valence-corrected chi connectivity index (χ3v) is 1.51. The summed E-state index contributed by atoms with van der Waals surface area (Å²) in [5.74, 6) is 0.549. The highest BCUT2D eigenvalue weighted by Crippen LogP contribution is 2.19. The Labute approximate surface area is 76.3 Å². The summed E-state index contributed by atoms with van der Waals surface area (Å²) in [6.45, 7) is 2.73. The quantitative estimate of drug-likeness (QED) is 0.411. The minimum absolute atomic E-state index is 0.210. The van der Waals surface area contributed by atoms with Crippen molar-refractivity contribution in [1.82, 2.24) is 4.98 Å². The van der Waals surface area contributed by atoms with Crippen LogP contribution in [0.3, 0.4) is 0 Å². The maximum Gasteiger partial charge on any atom is 0.189 e. The Morgan fingerprint density at radius 2 is 2.42 bits per heavy atom. The smallest absolute Gasteiger partial charge is 0.189 e. The first-order valence-corrected chi connectivity index (χ1v) is 4.03. The molecule has 1 rings (SSSR count). The number of aromatic nitrogens is 1. The molecule has 0 aliphatic carbocycles. The molecule has 1 heterocycles. The fourth-order valence-corrected chi connectivity index (χ4v) is 0.841. The standard InChI is InChI=1S/C8H10ClNO2/c1-2-11-6-12-7-4-3-5-10-8(7)9/h3-5H,2,6H2,1H3.